The predicted molar refractivity (Wildman–Crippen MR) is 42.0 cm³/mol. The lowest BCUT2D eigenvalue weighted by molar-refractivity contribution is 0.247. The Morgan fingerprint density at radius 1 is 1.45 bits per heavy atom. The molecule has 0 aliphatic rings. The average molecular weight is 158 g/mol. The van der Waals surface area contributed by atoms with Crippen molar-refractivity contribution in [2.45, 2.75) is 20.0 Å². The Kier molecular flexibility index (Phi) is 6.78. The summed E-state index contributed by atoms with van der Waals surface area (Å²) in [5.74, 6) is 0.611. The van der Waals surface area contributed by atoms with E-state index in [9.17, 15) is 0 Å². The Balaban J connectivity index is 0.000000218. The summed E-state index contributed by atoms with van der Waals surface area (Å²) in [7, 11) is 0. The Hall–Kier alpha value is -0.800. The molecule has 3 nitrogen and oxygen atoms in total. The van der Waals surface area contributed by atoms with Gasteiger partial charge in [0.25, 0.3) is 0 Å². The van der Waals surface area contributed by atoms with Crippen LogP contribution in [0.4, 0.5) is 0 Å². The fourth-order valence-corrected chi connectivity index (χ4v) is 0.403. The first-order chi connectivity index (χ1) is 5.35. The molecule has 0 fully saturated rings. The van der Waals surface area contributed by atoms with E-state index in [1.807, 2.05) is 6.92 Å². The van der Waals surface area contributed by atoms with Crippen molar-refractivity contribution in [2.24, 2.45) is 0 Å². The maximum atomic E-state index is 8.33. The number of rotatable bonds is 2. The van der Waals surface area contributed by atoms with Gasteiger partial charge >= 0.3 is 0 Å². The molecule has 0 unspecified atom stereocenters. The quantitative estimate of drug-likeness (QED) is 0.679. The van der Waals surface area contributed by atoms with Gasteiger partial charge in [0.1, 0.15) is 12.4 Å². The zero-order chi connectivity index (χ0) is 8.53. The molecule has 0 aromatic carbocycles. The third kappa shape index (κ3) is 5.63. The Bertz CT molecular complexity index is 144. The van der Waals surface area contributed by atoms with E-state index < -0.39 is 0 Å². The van der Waals surface area contributed by atoms with Gasteiger partial charge in [-0.25, -0.2) is 0 Å². The standard InChI is InChI=1S/C5H6O2.C3H8O/c6-4-5-2-1-3-7-5;1-2-3-4/h1-3,6H,4H2;4H,2-3H2,1H3. The number of aliphatic hydroxyl groups is 2. The summed E-state index contributed by atoms with van der Waals surface area (Å²) in [6.45, 7) is 2.24. The van der Waals surface area contributed by atoms with Crippen LogP contribution in [0.1, 0.15) is 19.1 Å². The Morgan fingerprint density at radius 2 is 2.09 bits per heavy atom. The highest BCUT2D eigenvalue weighted by atomic mass is 16.4. The summed E-state index contributed by atoms with van der Waals surface area (Å²) in [5, 5.41) is 16.2. The Morgan fingerprint density at radius 3 is 2.27 bits per heavy atom. The lowest BCUT2D eigenvalue weighted by Crippen LogP contribution is -1.72. The van der Waals surface area contributed by atoms with Gasteiger partial charge in [-0.3, -0.25) is 0 Å². The molecule has 1 aromatic heterocycles. The van der Waals surface area contributed by atoms with Gasteiger partial charge in [0.2, 0.25) is 0 Å². The van der Waals surface area contributed by atoms with Crippen molar-refractivity contribution in [3.8, 4) is 0 Å². The normalized spacial score (nSPS) is 8.64. The fraction of sp³-hybridized carbons (Fsp3) is 0.500. The SMILES string of the molecule is CCCO.OCc1ccco1. The van der Waals surface area contributed by atoms with Crippen molar-refractivity contribution >= 4 is 0 Å². The van der Waals surface area contributed by atoms with Gasteiger partial charge in [-0.2, -0.15) is 0 Å². The van der Waals surface area contributed by atoms with Crippen LogP contribution in [0.5, 0.6) is 0 Å². The van der Waals surface area contributed by atoms with E-state index in [0.29, 0.717) is 12.4 Å². The molecule has 0 radical (unpaired) electrons. The van der Waals surface area contributed by atoms with Gasteiger partial charge in [0.15, 0.2) is 0 Å². The molecule has 1 rings (SSSR count). The molecular weight excluding hydrogens is 144 g/mol. The van der Waals surface area contributed by atoms with E-state index in [0.717, 1.165) is 6.42 Å². The highest BCUT2D eigenvalue weighted by Gasteiger charge is 1.85. The molecule has 64 valence electrons. The minimum absolute atomic E-state index is 0.00694. The van der Waals surface area contributed by atoms with Gasteiger partial charge in [0, 0.05) is 6.61 Å². The van der Waals surface area contributed by atoms with Crippen LogP contribution in [0.3, 0.4) is 0 Å². The molecule has 2 N–H and O–H groups in total. The van der Waals surface area contributed by atoms with E-state index in [1.165, 1.54) is 6.26 Å². The average Bonchev–Trinajstić information content (AvgIpc) is 2.56. The van der Waals surface area contributed by atoms with E-state index in [-0.39, 0.29) is 6.61 Å². The van der Waals surface area contributed by atoms with E-state index in [2.05, 4.69) is 0 Å². The molecular formula is C8H14O3. The Labute approximate surface area is 66.3 Å². The highest BCUT2D eigenvalue weighted by molar-refractivity contribution is 4.95. The van der Waals surface area contributed by atoms with Crippen molar-refractivity contribution in [3.63, 3.8) is 0 Å². The molecule has 1 aromatic rings. The second-order valence-electron chi connectivity index (χ2n) is 1.96. The van der Waals surface area contributed by atoms with Gasteiger partial charge in [-0.15, -0.1) is 0 Å². The second-order valence-corrected chi connectivity index (χ2v) is 1.96. The molecule has 0 bridgehead atoms. The molecule has 0 saturated carbocycles. The van der Waals surface area contributed by atoms with Crippen LogP contribution in [-0.4, -0.2) is 16.8 Å². The van der Waals surface area contributed by atoms with Crippen LogP contribution in [0.2, 0.25) is 0 Å². The van der Waals surface area contributed by atoms with Crippen LogP contribution in [-0.2, 0) is 6.61 Å². The molecule has 0 aliphatic heterocycles. The van der Waals surface area contributed by atoms with Crippen molar-refractivity contribution < 1.29 is 14.6 Å². The maximum Gasteiger partial charge on any atom is 0.129 e. The van der Waals surface area contributed by atoms with Crippen molar-refractivity contribution in [1.29, 1.82) is 0 Å². The van der Waals surface area contributed by atoms with Crippen LogP contribution in [0, 0.1) is 0 Å². The maximum absolute atomic E-state index is 8.33. The van der Waals surface area contributed by atoms with Gasteiger partial charge in [-0.05, 0) is 18.6 Å². The molecule has 11 heavy (non-hydrogen) atoms. The van der Waals surface area contributed by atoms with Crippen molar-refractivity contribution in [2.75, 3.05) is 6.61 Å². The second kappa shape index (κ2) is 7.31. The summed E-state index contributed by atoms with van der Waals surface area (Å²) < 4.78 is 4.73. The van der Waals surface area contributed by atoms with Gasteiger partial charge < -0.3 is 14.6 Å². The van der Waals surface area contributed by atoms with Crippen LogP contribution in [0.15, 0.2) is 22.8 Å². The first-order valence-corrected chi connectivity index (χ1v) is 3.59. The first kappa shape index (κ1) is 10.2. The summed E-state index contributed by atoms with van der Waals surface area (Å²) in [6.07, 6.45) is 2.41. The van der Waals surface area contributed by atoms with Gasteiger partial charge in [-0.1, -0.05) is 6.92 Å². The van der Waals surface area contributed by atoms with E-state index >= 15 is 0 Å². The van der Waals surface area contributed by atoms with Crippen molar-refractivity contribution in [3.05, 3.63) is 24.2 Å². The molecule has 0 amide bonds. The van der Waals surface area contributed by atoms with Crippen LogP contribution < -0.4 is 0 Å². The molecule has 1 heterocycles. The smallest absolute Gasteiger partial charge is 0.129 e. The first-order valence-electron chi connectivity index (χ1n) is 3.59. The zero-order valence-electron chi connectivity index (χ0n) is 6.66. The minimum Gasteiger partial charge on any atom is -0.467 e. The largest absolute Gasteiger partial charge is 0.467 e. The van der Waals surface area contributed by atoms with E-state index in [1.54, 1.807) is 12.1 Å². The third-order valence-corrected chi connectivity index (χ3v) is 0.960. The summed E-state index contributed by atoms with van der Waals surface area (Å²) in [4.78, 5) is 0. The van der Waals surface area contributed by atoms with E-state index in [4.69, 9.17) is 14.6 Å². The fourth-order valence-electron chi connectivity index (χ4n) is 0.403. The third-order valence-electron chi connectivity index (χ3n) is 0.960. The van der Waals surface area contributed by atoms with Gasteiger partial charge in [0.05, 0.1) is 6.26 Å². The number of aliphatic hydroxyl groups excluding tert-OH is 2. The molecule has 0 saturated heterocycles. The van der Waals surface area contributed by atoms with Crippen LogP contribution in [0.25, 0.3) is 0 Å². The highest BCUT2D eigenvalue weighted by Crippen LogP contribution is 1.96. The van der Waals surface area contributed by atoms with Crippen LogP contribution >= 0.6 is 0 Å². The lowest BCUT2D eigenvalue weighted by atomic mass is 10.5. The number of furan rings is 1. The number of hydrogen-bond acceptors (Lipinski definition) is 3. The lowest BCUT2D eigenvalue weighted by Gasteiger charge is -1.79. The summed E-state index contributed by atoms with van der Waals surface area (Å²) in [6, 6.07) is 3.46. The number of hydrogen-bond donors (Lipinski definition) is 2. The molecule has 0 spiro atoms. The summed E-state index contributed by atoms with van der Waals surface area (Å²) >= 11 is 0. The molecule has 0 atom stereocenters. The molecule has 3 heteroatoms. The van der Waals surface area contributed by atoms with Crippen molar-refractivity contribution in [1.82, 2.24) is 0 Å². The summed E-state index contributed by atoms with van der Waals surface area (Å²) in [5.41, 5.74) is 0. The minimum atomic E-state index is -0.00694. The monoisotopic (exact) mass is 158 g/mol. The topological polar surface area (TPSA) is 53.6 Å². The molecule has 0 aliphatic carbocycles. The zero-order valence-corrected chi connectivity index (χ0v) is 6.66. The predicted octanol–water partition coefficient (Wildman–Crippen LogP) is 1.16.